The fourth-order valence-electron chi connectivity index (χ4n) is 0.925. The maximum absolute atomic E-state index is 5.73. The highest BCUT2D eigenvalue weighted by molar-refractivity contribution is 5.73. The summed E-state index contributed by atoms with van der Waals surface area (Å²) in [6, 6.07) is 0.330. The molecular formula is C8H15N5. The van der Waals surface area contributed by atoms with Gasteiger partial charge in [0.15, 0.2) is 11.6 Å². The molecule has 5 heteroatoms. The summed E-state index contributed by atoms with van der Waals surface area (Å²) >= 11 is 0. The van der Waals surface area contributed by atoms with Gasteiger partial charge in [0.25, 0.3) is 0 Å². The van der Waals surface area contributed by atoms with Crippen LogP contribution < -0.4 is 16.4 Å². The molecule has 0 bridgehead atoms. The summed E-state index contributed by atoms with van der Waals surface area (Å²) in [4.78, 5) is 9.82. The van der Waals surface area contributed by atoms with Crippen LogP contribution >= 0.6 is 0 Å². The van der Waals surface area contributed by atoms with Gasteiger partial charge >= 0.3 is 0 Å². The Morgan fingerprint density at radius 2 is 1.92 bits per heavy atom. The fraction of sp³-hybridized carbons (Fsp3) is 0.500. The van der Waals surface area contributed by atoms with Crippen molar-refractivity contribution in [2.45, 2.75) is 19.9 Å². The second kappa shape index (κ2) is 3.47. The van der Waals surface area contributed by atoms with E-state index in [1.807, 2.05) is 11.9 Å². The highest BCUT2D eigenvalue weighted by Crippen LogP contribution is 2.23. The predicted molar refractivity (Wildman–Crippen MR) is 54.4 cm³/mol. The molecule has 0 saturated carbocycles. The first-order chi connectivity index (χ1) is 6.04. The zero-order valence-corrected chi connectivity index (χ0v) is 8.15. The Morgan fingerprint density at radius 3 is 2.46 bits per heavy atom. The van der Waals surface area contributed by atoms with Gasteiger partial charge in [-0.05, 0) is 13.8 Å². The highest BCUT2D eigenvalue weighted by atomic mass is 15.2. The lowest BCUT2D eigenvalue weighted by Crippen LogP contribution is -2.27. The quantitative estimate of drug-likeness (QED) is 0.693. The van der Waals surface area contributed by atoms with E-state index < -0.39 is 0 Å². The van der Waals surface area contributed by atoms with Crippen molar-refractivity contribution in [1.29, 1.82) is 0 Å². The molecule has 0 aromatic carbocycles. The Labute approximate surface area is 77.8 Å². The maximum Gasteiger partial charge on any atom is 0.157 e. The second-order valence-electron chi connectivity index (χ2n) is 3.20. The number of anilines is 3. The van der Waals surface area contributed by atoms with E-state index in [-0.39, 0.29) is 0 Å². The molecule has 13 heavy (non-hydrogen) atoms. The third-order valence-electron chi connectivity index (χ3n) is 2.00. The van der Waals surface area contributed by atoms with Crippen LogP contribution in [0, 0.1) is 0 Å². The number of hydrogen-bond donors (Lipinski definition) is 2. The zero-order chi connectivity index (χ0) is 10.0. The Morgan fingerprint density at radius 1 is 1.31 bits per heavy atom. The van der Waals surface area contributed by atoms with Gasteiger partial charge in [0.1, 0.15) is 12.0 Å². The topological polar surface area (TPSA) is 81.1 Å². The molecular weight excluding hydrogens is 166 g/mol. The molecule has 0 unspecified atom stereocenters. The summed E-state index contributed by atoms with van der Waals surface area (Å²) < 4.78 is 0. The van der Waals surface area contributed by atoms with Gasteiger partial charge < -0.3 is 16.4 Å². The van der Waals surface area contributed by atoms with Gasteiger partial charge in [-0.1, -0.05) is 0 Å². The monoisotopic (exact) mass is 181 g/mol. The van der Waals surface area contributed by atoms with E-state index in [4.69, 9.17) is 11.5 Å². The molecule has 1 rings (SSSR count). The SMILES string of the molecule is CC(C)N(C)c1ncnc(N)c1N. The van der Waals surface area contributed by atoms with E-state index in [1.54, 1.807) is 0 Å². The first-order valence-electron chi connectivity index (χ1n) is 4.12. The largest absolute Gasteiger partial charge is 0.393 e. The van der Waals surface area contributed by atoms with Crippen LogP contribution in [0.5, 0.6) is 0 Å². The first-order valence-corrected chi connectivity index (χ1v) is 4.12. The summed E-state index contributed by atoms with van der Waals surface area (Å²) in [6.07, 6.45) is 1.42. The zero-order valence-electron chi connectivity index (χ0n) is 8.15. The van der Waals surface area contributed by atoms with Crippen molar-refractivity contribution in [2.24, 2.45) is 0 Å². The Kier molecular flexibility index (Phi) is 2.55. The van der Waals surface area contributed by atoms with Crippen LogP contribution in [0.3, 0.4) is 0 Å². The van der Waals surface area contributed by atoms with Gasteiger partial charge in [0.2, 0.25) is 0 Å². The minimum atomic E-state index is 0.330. The average molecular weight is 181 g/mol. The molecule has 0 radical (unpaired) electrons. The van der Waals surface area contributed by atoms with Crippen molar-refractivity contribution in [3.8, 4) is 0 Å². The molecule has 0 amide bonds. The highest BCUT2D eigenvalue weighted by Gasteiger charge is 2.11. The number of nitrogens with two attached hydrogens (primary N) is 2. The van der Waals surface area contributed by atoms with E-state index >= 15 is 0 Å². The maximum atomic E-state index is 5.73. The summed E-state index contributed by atoms with van der Waals surface area (Å²) in [7, 11) is 1.92. The van der Waals surface area contributed by atoms with Gasteiger partial charge in [-0.3, -0.25) is 0 Å². The molecule has 0 aliphatic carbocycles. The molecule has 1 aromatic heterocycles. The van der Waals surface area contributed by atoms with Crippen molar-refractivity contribution in [3.63, 3.8) is 0 Å². The van der Waals surface area contributed by atoms with Gasteiger partial charge in [-0.25, -0.2) is 9.97 Å². The molecule has 0 atom stereocenters. The minimum Gasteiger partial charge on any atom is -0.393 e. The van der Waals surface area contributed by atoms with Crippen LogP contribution in [0.4, 0.5) is 17.3 Å². The third kappa shape index (κ3) is 1.80. The second-order valence-corrected chi connectivity index (χ2v) is 3.20. The lowest BCUT2D eigenvalue weighted by Gasteiger charge is -2.23. The number of nitrogen functional groups attached to an aromatic ring is 2. The average Bonchev–Trinajstić information content (AvgIpc) is 2.08. The van der Waals surface area contributed by atoms with Gasteiger partial charge in [0.05, 0.1) is 0 Å². The summed E-state index contributed by atoms with van der Waals surface area (Å²) in [5, 5.41) is 0. The number of rotatable bonds is 2. The van der Waals surface area contributed by atoms with Crippen LogP contribution in [0.15, 0.2) is 6.33 Å². The van der Waals surface area contributed by atoms with E-state index in [9.17, 15) is 0 Å². The van der Waals surface area contributed by atoms with Crippen LogP contribution in [0.1, 0.15) is 13.8 Å². The number of hydrogen-bond acceptors (Lipinski definition) is 5. The van der Waals surface area contributed by atoms with Crippen LogP contribution in [0.2, 0.25) is 0 Å². The first kappa shape index (κ1) is 9.57. The molecule has 1 aromatic rings. The van der Waals surface area contributed by atoms with Crippen LogP contribution in [-0.2, 0) is 0 Å². The van der Waals surface area contributed by atoms with Gasteiger partial charge in [-0.15, -0.1) is 0 Å². The van der Waals surface area contributed by atoms with Crippen molar-refractivity contribution in [1.82, 2.24) is 9.97 Å². The lowest BCUT2D eigenvalue weighted by atomic mass is 10.3. The van der Waals surface area contributed by atoms with Gasteiger partial charge in [-0.2, -0.15) is 0 Å². The molecule has 0 spiro atoms. The van der Waals surface area contributed by atoms with E-state index in [2.05, 4.69) is 23.8 Å². The smallest absolute Gasteiger partial charge is 0.157 e. The molecule has 4 N–H and O–H groups in total. The molecule has 0 aliphatic rings. The van der Waals surface area contributed by atoms with Crippen molar-refractivity contribution in [2.75, 3.05) is 23.4 Å². The molecule has 5 nitrogen and oxygen atoms in total. The van der Waals surface area contributed by atoms with Crippen molar-refractivity contribution < 1.29 is 0 Å². The Balaban J connectivity index is 3.07. The van der Waals surface area contributed by atoms with E-state index in [0.717, 1.165) is 0 Å². The normalized spacial score (nSPS) is 10.5. The summed E-state index contributed by atoms with van der Waals surface area (Å²) in [5.74, 6) is 1.01. The summed E-state index contributed by atoms with van der Waals surface area (Å²) in [5.41, 5.74) is 11.7. The molecule has 72 valence electrons. The molecule has 1 heterocycles. The standard InChI is InChI=1S/C8H15N5/c1-5(2)13(3)8-6(9)7(10)11-4-12-8/h4-5H,9H2,1-3H3,(H2,10,11,12). The van der Waals surface area contributed by atoms with Crippen LogP contribution in [0.25, 0.3) is 0 Å². The van der Waals surface area contributed by atoms with Crippen molar-refractivity contribution >= 4 is 17.3 Å². The van der Waals surface area contributed by atoms with Crippen LogP contribution in [-0.4, -0.2) is 23.1 Å². The number of aromatic nitrogens is 2. The Hall–Kier alpha value is -1.52. The Bertz CT molecular complexity index is 297. The van der Waals surface area contributed by atoms with Crippen molar-refractivity contribution in [3.05, 3.63) is 6.33 Å². The number of nitrogens with zero attached hydrogens (tertiary/aromatic N) is 3. The molecule has 0 saturated heterocycles. The van der Waals surface area contributed by atoms with E-state index in [0.29, 0.717) is 23.4 Å². The van der Waals surface area contributed by atoms with E-state index in [1.165, 1.54) is 6.33 Å². The van der Waals surface area contributed by atoms with Gasteiger partial charge in [0, 0.05) is 13.1 Å². The third-order valence-corrected chi connectivity index (χ3v) is 2.00. The molecule has 0 aliphatic heterocycles. The lowest BCUT2D eigenvalue weighted by molar-refractivity contribution is 0.743. The minimum absolute atomic E-state index is 0.330. The fourth-order valence-corrected chi connectivity index (χ4v) is 0.925. The molecule has 0 fully saturated rings. The summed E-state index contributed by atoms with van der Waals surface area (Å²) in [6.45, 7) is 4.11. The predicted octanol–water partition coefficient (Wildman–Crippen LogP) is 0.486.